The highest BCUT2D eigenvalue weighted by Crippen LogP contribution is 2.41. The maximum absolute atomic E-state index is 13.2. The van der Waals surface area contributed by atoms with E-state index in [1.54, 1.807) is 16.7 Å². The molecule has 3 aromatic rings. The van der Waals surface area contributed by atoms with Crippen molar-refractivity contribution >= 4 is 55.2 Å². The van der Waals surface area contributed by atoms with Gasteiger partial charge >= 0.3 is 11.3 Å². The lowest BCUT2D eigenvalue weighted by atomic mass is 10.0. The molecule has 1 unspecified atom stereocenters. The number of ether oxygens (including phenoxy) is 1. The largest absolute Gasteiger partial charge is 0.496 e. The summed E-state index contributed by atoms with van der Waals surface area (Å²) >= 11 is 8.42. The van der Waals surface area contributed by atoms with E-state index < -0.39 is 6.17 Å². The van der Waals surface area contributed by atoms with E-state index in [4.69, 9.17) is 9.84 Å². The van der Waals surface area contributed by atoms with E-state index in [2.05, 4.69) is 36.8 Å². The molecule has 2 aromatic carbocycles. The number of benzene rings is 2. The number of hydrogen-bond donors (Lipinski definition) is 1. The Hall–Kier alpha value is -2.17. The van der Waals surface area contributed by atoms with Gasteiger partial charge in [-0.05, 0) is 46.8 Å². The van der Waals surface area contributed by atoms with E-state index in [0.717, 1.165) is 14.7 Å². The molecule has 1 aliphatic heterocycles. The van der Waals surface area contributed by atoms with Crippen molar-refractivity contribution in [1.29, 1.82) is 0 Å². The fourth-order valence-electron chi connectivity index (χ4n) is 3.73. The molecule has 4 rings (SSSR count). The molecule has 0 saturated heterocycles. The Morgan fingerprint density at radius 2 is 1.97 bits per heavy atom. The second-order valence-electron chi connectivity index (χ2n) is 6.80. The van der Waals surface area contributed by atoms with Gasteiger partial charge in [-0.1, -0.05) is 50.5 Å². The molecule has 0 radical (unpaired) electrons. The number of carbonyl (C=O) groups excluding carboxylic acids is 1. The summed E-state index contributed by atoms with van der Waals surface area (Å²) in [6.07, 6.45) is -0.702. The van der Waals surface area contributed by atoms with Crippen LogP contribution >= 0.6 is 43.6 Å². The number of hydrogen-bond acceptors (Lipinski definition) is 5. The predicted octanol–water partition coefficient (Wildman–Crippen LogP) is 4.28. The van der Waals surface area contributed by atoms with Crippen LogP contribution in [0.3, 0.4) is 0 Å². The number of anilines is 1. The lowest BCUT2D eigenvalue weighted by molar-refractivity contribution is -0.763. The SMILES string of the molecule is CCSc1n[n+]2c(c(=O)[nH]1)-c1cc(Br)ccc1N(C(C)=O)C2c1cc(Br)ccc1OC. The van der Waals surface area contributed by atoms with Crippen LogP contribution in [0.15, 0.2) is 55.3 Å². The van der Waals surface area contributed by atoms with Crippen molar-refractivity contribution in [2.24, 2.45) is 0 Å². The number of rotatable bonds is 4. The number of aromatic amines is 1. The summed E-state index contributed by atoms with van der Waals surface area (Å²) < 4.78 is 8.86. The van der Waals surface area contributed by atoms with Gasteiger partial charge in [0.15, 0.2) is 0 Å². The highest BCUT2D eigenvalue weighted by molar-refractivity contribution is 9.10. The van der Waals surface area contributed by atoms with Crippen molar-refractivity contribution in [2.45, 2.75) is 25.2 Å². The number of amides is 1. The maximum atomic E-state index is 13.2. The van der Waals surface area contributed by atoms with E-state index in [0.29, 0.717) is 33.4 Å². The molecule has 1 aliphatic rings. The predicted molar refractivity (Wildman–Crippen MR) is 127 cm³/mol. The van der Waals surface area contributed by atoms with E-state index in [1.165, 1.54) is 18.7 Å². The monoisotopic (exact) mass is 565 g/mol. The third-order valence-electron chi connectivity index (χ3n) is 4.90. The van der Waals surface area contributed by atoms with Crippen LogP contribution in [0.25, 0.3) is 11.3 Å². The maximum Gasteiger partial charge on any atom is 0.325 e. The molecule has 0 fully saturated rings. The van der Waals surface area contributed by atoms with Gasteiger partial charge in [0.25, 0.3) is 6.17 Å². The molecule has 1 N–H and O–H groups in total. The average molecular weight is 567 g/mol. The molecular formula is C21H19Br2N4O3S+. The molecule has 7 nitrogen and oxygen atoms in total. The van der Waals surface area contributed by atoms with Crippen molar-refractivity contribution in [3.8, 4) is 17.0 Å². The van der Waals surface area contributed by atoms with Crippen molar-refractivity contribution in [1.82, 2.24) is 10.1 Å². The number of methoxy groups -OCH3 is 1. The third kappa shape index (κ3) is 3.92. The van der Waals surface area contributed by atoms with Gasteiger partial charge in [-0.25, -0.2) is 4.90 Å². The summed E-state index contributed by atoms with van der Waals surface area (Å²) in [5.41, 5.74) is 2.06. The number of nitrogens with one attached hydrogen (secondary N) is 1. The highest BCUT2D eigenvalue weighted by atomic mass is 79.9. The Labute approximate surface area is 200 Å². The van der Waals surface area contributed by atoms with E-state index in [1.807, 2.05) is 43.3 Å². The summed E-state index contributed by atoms with van der Waals surface area (Å²) in [6.45, 7) is 3.49. The summed E-state index contributed by atoms with van der Waals surface area (Å²) in [4.78, 5) is 30.7. The normalized spacial score (nSPS) is 14.7. The summed E-state index contributed by atoms with van der Waals surface area (Å²) in [5.74, 6) is 1.15. The van der Waals surface area contributed by atoms with Gasteiger partial charge in [-0.2, -0.15) is 0 Å². The second kappa shape index (κ2) is 8.76. The number of H-pyrrole nitrogens is 1. The molecule has 0 bridgehead atoms. The number of nitrogens with zero attached hydrogens (tertiary/aromatic N) is 3. The molecular weight excluding hydrogens is 548 g/mol. The van der Waals surface area contributed by atoms with Crippen LogP contribution in [0.4, 0.5) is 5.69 Å². The first kappa shape index (κ1) is 22.0. The van der Waals surface area contributed by atoms with Crippen LogP contribution in [-0.2, 0) is 4.79 Å². The Kier molecular flexibility index (Phi) is 6.23. The zero-order chi connectivity index (χ0) is 22.3. The molecule has 31 heavy (non-hydrogen) atoms. The molecule has 0 spiro atoms. The first-order chi connectivity index (χ1) is 14.8. The minimum Gasteiger partial charge on any atom is -0.496 e. The quantitative estimate of drug-likeness (QED) is 0.376. The fourth-order valence-corrected chi connectivity index (χ4v) is 5.05. The van der Waals surface area contributed by atoms with E-state index in [-0.39, 0.29) is 11.5 Å². The minimum atomic E-state index is -0.702. The zero-order valence-corrected chi connectivity index (χ0v) is 21.0. The number of thioether (sulfide) groups is 1. The summed E-state index contributed by atoms with van der Waals surface area (Å²) in [6, 6.07) is 11.1. The number of halogens is 2. The van der Waals surface area contributed by atoms with Crippen molar-refractivity contribution < 1.29 is 14.2 Å². The van der Waals surface area contributed by atoms with Gasteiger partial charge in [-0.3, -0.25) is 14.6 Å². The molecule has 10 heteroatoms. The molecule has 1 atom stereocenters. The highest BCUT2D eigenvalue weighted by Gasteiger charge is 2.46. The first-order valence-corrected chi connectivity index (χ1v) is 12.0. The number of fused-ring (bicyclic) bond motifs is 3. The molecule has 1 amide bonds. The van der Waals surface area contributed by atoms with Crippen molar-refractivity contribution in [3.05, 3.63) is 61.3 Å². The van der Waals surface area contributed by atoms with Crippen LogP contribution in [0.1, 0.15) is 25.6 Å². The minimum absolute atomic E-state index is 0.180. The number of carbonyl (C=O) groups is 1. The van der Waals surface area contributed by atoms with Crippen molar-refractivity contribution in [2.75, 3.05) is 17.8 Å². The molecule has 160 valence electrons. The lowest BCUT2D eigenvalue weighted by Crippen LogP contribution is -2.60. The second-order valence-corrected chi connectivity index (χ2v) is 9.88. The Balaban J connectivity index is 2.12. The van der Waals surface area contributed by atoms with E-state index >= 15 is 0 Å². The smallest absolute Gasteiger partial charge is 0.325 e. The van der Waals surface area contributed by atoms with Crippen LogP contribution in [0.2, 0.25) is 0 Å². The van der Waals surface area contributed by atoms with Gasteiger partial charge in [0, 0.05) is 21.0 Å². The topological polar surface area (TPSA) is 79.2 Å². The van der Waals surface area contributed by atoms with Gasteiger partial charge in [0.05, 0.1) is 23.9 Å². The van der Waals surface area contributed by atoms with Crippen LogP contribution in [0.5, 0.6) is 5.75 Å². The van der Waals surface area contributed by atoms with Gasteiger partial charge in [0.1, 0.15) is 5.75 Å². The molecule has 0 aliphatic carbocycles. The standard InChI is InChI=1S/C21H18Br2N4O3S/c1-4-31-21-24-19(29)18-14-9-12(22)5-7-16(14)26(11(2)28)20(27(18)25-21)15-10-13(23)6-8-17(15)30-3/h5-10,20H,4H2,1-3H3/p+1. The van der Waals surface area contributed by atoms with Crippen LogP contribution in [0, 0.1) is 0 Å². The molecule has 1 aromatic heterocycles. The Bertz CT molecular complexity index is 1250. The van der Waals surface area contributed by atoms with Crippen LogP contribution in [-0.4, -0.2) is 28.9 Å². The first-order valence-electron chi connectivity index (χ1n) is 9.47. The van der Waals surface area contributed by atoms with Gasteiger partial charge in [0.2, 0.25) is 11.1 Å². The summed E-state index contributed by atoms with van der Waals surface area (Å²) in [5, 5.41) is 5.22. The van der Waals surface area contributed by atoms with Crippen LogP contribution < -0.4 is 19.9 Å². The van der Waals surface area contributed by atoms with E-state index in [9.17, 15) is 9.59 Å². The Morgan fingerprint density at radius 1 is 1.26 bits per heavy atom. The third-order valence-corrected chi connectivity index (χ3v) is 6.64. The van der Waals surface area contributed by atoms with Gasteiger partial charge < -0.3 is 4.74 Å². The lowest BCUT2D eigenvalue weighted by Gasteiger charge is -2.32. The Morgan fingerprint density at radius 3 is 2.65 bits per heavy atom. The number of aromatic nitrogens is 3. The van der Waals surface area contributed by atoms with Crippen molar-refractivity contribution in [3.63, 3.8) is 0 Å². The molecule has 0 saturated carbocycles. The fraction of sp³-hybridized carbons (Fsp3) is 0.238. The molecule has 2 heterocycles. The van der Waals surface area contributed by atoms with Gasteiger partial charge in [-0.15, -0.1) is 0 Å². The zero-order valence-electron chi connectivity index (χ0n) is 17.0. The summed E-state index contributed by atoms with van der Waals surface area (Å²) in [7, 11) is 1.58. The average Bonchev–Trinajstić information content (AvgIpc) is 2.72.